The largest absolute Gasteiger partial charge is 0.487 e. The molecule has 0 aromatic heterocycles. The maximum Gasteiger partial charge on any atom is 0.206 e. The van der Waals surface area contributed by atoms with Crippen LogP contribution in [0, 0.1) is 29.1 Å². The highest BCUT2D eigenvalue weighted by Crippen LogP contribution is 2.28. The van der Waals surface area contributed by atoms with Crippen molar-refractivity contribution in [1.82, 2.24) is 5.32 Å². The first-order valence-electron chi connectivity index (χ1n) is 5.84. The van der Waals surface area contributed by atoms with Crippen LogP contribution in [0.25, 0.3) is 0 Å². The number of hydrogen-bond donors (Lipinski definition) is 1. The zero-order valence-corrected chi connectivity index (χ0v) is 10.7. The van der Waals surface area contributed by atoms with Gasteiger partial charge in [-0.3, -0.25) is 0 Å². The lowest BCUT2D eigenvalue weighted by Crippen LogP contribution is -2.22. The predicted molar refractivity (Wildman–Crippen MR) is 61.1 cm³/mol. The van der Waals surface area contributed by atoms with Crippen LogP contribution < -0.4 is 10.1 Å². The maximum absolute atomic E-state index is 13.2. The van der Waals surface area contributed by atoms with Gasteiger partial charge in [0.25, 0.3) is 0 Å². The minimum atomic E-state index is -2.20. The van der Waals surface area contributed by atoms with E-state index in [-0.39, 0.29) is 6.61 Å². The third-order valence-corrected chi connectivity index (χ3v) is 2.40. The fourth-order valence-corrected chi connectivity index (χ4v) is 1.38. The van der Waals surface area contributed by atoms with Crippen molar-refractivity contribution < 1.29 is 31.4 Å². The molecular weight excluding hydrogens is 285 g/mol. The van der Waals surface area contributed by atoms with Crippen molar-refractivity contribution >= 4 is 0 Å². The van der Waals surface area contributed by atoms with E-state index < -0.39 is 34.8 Å². The monoisotopic (exact) mass is 299 g/mol. The highest BCUT2D eigenvalue weighted by atomic mass is 19.2. The third-order valence-electron chi connectivity index (χ3n) is 2.40. The fraction of sp³-hybridized carbons (Fsp3) is 0.500. The van der Waals surface area contributed by atoms with Crippen molar-refractivity contribution in [2.75, 3.05) is 33.4 Å². The second-order valence-electron chi connectivity index (χ2n) is 3.84. The maximum atomic E-state index is 13.2. The van der Waals surface area contributed by atoms with Crippen molar-refractivity contribution in [2.24, 2.45) is 0 Å². The summed E-state index contributed by atoms with van der Waals surface area (Å²) in [7, 11) is 1.54. The average molecular weight is 299 g/mol. The Bertz CT molecular complexity index is 427. The lowest BCUT2D eigenvalue weighted by atomic mass is 10.2. The first-order valence-corrected chi connectivity index (χ1v) is 5.84. The van der Waals surface area contributed by atoms with E-state index in [2.05, 4.69) is 10.1 Å². The van der Waals surface area contributed by atoms with Crippen LogP contribution in [-0.4, -0.2) is 33.4 Å². The summed E-state index contributed by atoms with van der Waals surface area (Å²) >= 11 is 0. The standard InChI is InChI=1S/C12H14F5NO2/c1-19-6-4-18-3-2-5-20-12-10(16)8(14)7(13)9(15)11(12)17/h18H,2-6H2,1H3. The third kappa shape index (κ3) is 4.04. The normalized spacial score (nSPS) is 10.9. The summed E-state index contributed by atoms with van der Waals surface area (Å²) in [6, 6.07) is 0. The molecule has 0 unspecified atom stereocenters. The molecule has 1 N–H and O–H groups in total. The molecule has 0 saturated heterocycles. The Kier molecular flexibility index (Phi) is 6.66. The molecule has 0 bridgehead atoms. The van der Waals surface area contributed by atoms with Crippen LogP contribution >= 0.6 is 0 Å². The lowest BCUT2D eigenvalue weighted by Gasteiger charge is -2.10. The molecule has 0 aliphatic carbocycles. The number of halogens is 5. The summed E-state index contributed by atoms with van der Waals surface area (Å²) in [4.78, 5) is 0. The minimum absolute atomic E-state index is 0.182. The minimum Gasteiger partial charge on any atom is -0.487 e. The molecular formula is C12H14F5NO2. The molecule has 0 amide bonds. The van der Waals surface area contributed by atoms with Crippen LogP contribution in [0.15, 0.2) is 0 Å². The second kappa shape index (κ2) is 8.01. The van der Waals surface area contributed by atoms with Crippen molar-refractivity contribution in [2.45, 2.75) is 6.42 Å². The summed E-state index contributed by atoms with van der Waals surface area (Å²) < 4.78 is 74.3. The van der Waals surface area contributed by atoms with Crippen molar-refractivity contribution in [3.8, 4) is 5.75 Å². The van der Waals surface area contributed by atoms with E-state index in [1.165, 1.54) is 7.11 Å². The molecule has 0 saturated carbocycles. The highest BCUT2D eigenvalue weighted by molar-refractivity contribution is 5.29. The Morgan fingerprint density at radius 1 is 0.800 bits per heavy atom. The molecule has 0 aliphatic heterocycles. The molecule has 114 valence electrons. The summed E-state index contributed by atoms with van der Waals surface area (Å²) in [5.74, 6) is -11.4. The molecule has 1 rings (SSSR count). The molecule has 0 atom stereocenters. The van der Waals surface area contributed by atoms with Gasteiger partial charge in [0.1, 0.15) is 0 Å². The van der Waals surface area contributed by atoms with Gasteiger partial charge in [0.2, 0.25) is 29.1 Å². The zero-order valence-electron chi connectivity index (χ0n) is 10.7. The van der Waals surface area contributed by atoms with Crippen LogP contribution in [-0.2, 0) is 4.74 Å². The van der Waals surface area contributed by atoms with E-state index in [0.29, 0.717) is 26.1 Å². The summed E-state index contributed by atoms with van der Waals surface area (Å²) in [5, 5.41) is 2.93. The van der Waals surface area contributed by atoms with Crippen LogP contribution in [0.2, 0.25) is 0 Å². The van der Waals surface area contributed by atoms with E-state index in [1.54, 1.807) is 0 Å². The van der Waals surface area contributed by atoms with E-state index in [4.69, 9.17) is 4.74 Å². The number of ether oxygens (including phenoxy) is 2. The first kappa shape index (κ1) is 16.6. The Morgan fingerprint density at radius 3 is 1.90 bits per heavy atom. The number of nitrogens with one attached hydrogen (secondary N) is 1. The van der Waals surface area contributed by atoms with Gasteiger partial charge < -0.3 is 14.8 Å². The molecule has 0 fully saturated rings. The summed E-state index contributed by atoms with van der Waals surface area (Å²) in [6.07, 6.45) is 0.337. The van der Waals surface area contributed by atoms with Gasteiger partial charge in [-0.1, -0.05) is 0 Å². The molecule has 0 radical (unpaired) electrons. The topological polar surface area (TPSA) is 30.5 Å². The number of benzene rings is 1. The molecule has 3 nitrogen and oxygen atoms in total. The van der Waals surface area contributed by atoms with Gasteiger partial charge in [-0.25, -0.2) is 13.2 Å². The number of methoxy groups -OCH3 is 1. The van der Waals surface area contributed by atoms with E-state index in [9.17, 15) is 22.0 Å². The quantitative estimate of drug-likeness (QED) is 0.346. The van der Waals surface area contributed by atoms with E-state index in [1.807, 2.05) is 0 Å². The van der Waals surface area contributed by atoms with Gasteiger partial charge in [-0.15, -0.1) is 0 Å². The van der Waals surface area contributed by atoms with Crippen molar-refractivity contribution in [3.63, 3.8) is 0 Å². The lowest BCUT2D eigenvalue weighted by molar-refractivity contribution is 0.198. The average Bonchev–Trinajstić information content (AvgIpc) is 2.45. The van der Waals surface area contributed by atoms with Crippen LogP contribution in [0.1, 0.15) is 6.42 Å². The Labute approximate surface area is 112 Å². The van der Waals surface area contributed by atoms with Crippen LogP contribution in [0.3, 0.4) is 0 Å². The molecule has 20 heavy (non-hydrogen) atoms. The van der Waals surface area contributed by atoms with Gasteiger partial charge in [0.15, 0.2) is 5.75 Å². The van der Waals surface area contributed by atoms with E-state index in [0.717, 1.165) is 0 Å². The molecule has 0 spiro atoms. The van der Waals surface area contributed by atoms with Crippen molar-refractivity contribution in [1.29, 1.82) is 0 Å². The van der Waals surface area contributed by atoms with Crippen molar-refractivity contribution in [3.05, 3.63) is 29.1 Å². The molecule has 1 aromatic carbocycles. The molecule has 8 heteroatoms. The Hall–Kier alpha value is -1.41. The van der Waals surface area contributed by atoms with Gasteiger partial charge in [-0.05, 0) is 13.0 Å². The fourth-order valence-electron chi connectivity index (χ4n) is 1.38. The highest BCUT2D eigenvalue weighted by Gasteiger charge is 2.26. The Morgan fingerprint density at radius 2 is 1.35 bits per heavy atom. The van der Waals surface area contributed by atoms with Gasteiger partial charge >= 0.3 is 0 Å². The second-order valence-corrected chi connectivity index (χ2v) is 3.84. The van der Waals surface area contributed by atoms with Gasteiger partial charge in [0, 0.05) is 13.7 Å². The Balaban J connectivity index is 2.52. The van der Waals surface area contributed by atoms with Gasteiger partial charge in [-0.2, -0.15) is 8.78 Å². The number of rotatable bonds is 8. The predicted octanol–water partition coefficient (Wildman–Crippen LogP) is 2.39. The van der Waals surface area contributed by atoms with Crippen LogP contribution in [0.4, 0.5) is 22.0 Å². The van der Waals surface area contributed by atoms with Gasteiger partial charge in [0.05, 0.1) is 13.2 Å². The number of hydrogen-bond acceptors (Lipinski definition) is 3. The zero-order chi connectivity index (χ0) is 15.1. The molecule has 0 heterocycles. The van der Waals surface area contributed by atoms with Crippen LogP contribution in [0.5, 0.6) is 5.75 Å². The first-order chi connectivity index (χ1) is 9.50. The smallest absolute Gasteiger partial charge is 0.206 e. The van der Waals surface area contributed by atoms with E-state index >= 15 is 0 Å². The molecule has 0 aliphatic rings. The molecule has 1 aromatic rings. The summed E-state index contributed by atoms with van der Waals surface area (Å²) in [5.41, 5.74) is 0. The summed E-state index contributed by atoms with van der Waals surface area (Å²) in [6.45, 7) is 1.36. The SMILES string of the molecule is COCCNCCCOc1c(F)c(F)c(F)c(F)c1F.